The average Bonchev–Trinajstić information content (AvgIpc) is 2.46. The summed E-state index contributed by atoms with van der Waals surface area (Å²) in [6, 6.07) is 0. The Bertz CT molecular complexity index is 432. The number of nitrogens with two attached hydrogens (primary N) is 1. The van der Waals surface area contributed by atoms with Crippen LogP contribution in [0, 0.1) is 11.8 Å². The maximum Gasteiger partial charge on any atom is 0.223 e. The van der Waals surface area contributed by atoms with Gasteiger partial charge in [0.2, 0.25) is 5.91 Å². The second-order valence-electron chi connectivity index (χ2n) is 4.97. The van der Waals surface area contributed by atoms with E-state index < -0.39 is 0 Å². The van der Waals surface area contributed by atoms with Crippen molar-refractivity contribution < 1.29 is 4.79 Å². The molecule has 0 saturated heterocycles. The zero-order chi connectivity index (χ0) is 13.7. The highest BCUT2D eigenvalue weighted by Crippen LogP contribution is 2.28. The standard InChI is InChI=1S/C13H19ClN4O/c14-12-11(16-5-6-17-12)8-18-13(19)10-3-1-9(7-15)2-4-10/h5-6,9-10H,1-4,7-8,15H2,(H,18,19). The molecule has 1 aromatic heterocycles. The molecule has 0 radical (unpaired) electrons. The first kappa shape index (κ1) is 14.2. The van der Waals surface area contributed by atoms with Crippen molar-refractivity contribution in [2.45, 2.75) is 32.2 Å². The first-order valence-corrected chi connectivity index (χ1v) is 7.01. The van der Waals surface area contributed by atoms with Crippen LogP contribution in [0.1, 0.15) is 31.4 Å². The maximum atomic E-state index is 12.0. The number of hydrogen-bond donors (Lipinski definition) is 2. The Balaban J connectivity index is 1.81. The van der Waals surface area contributed by atoms with Gasteiger partial charge in [0, 0.05) is 18.3 Å². The molecule has 0 aromatic carbocycles. The number of hydrogen-bond acceptors (Lipinski definition) is 4. The second kappa shape index (κ2) is 6.82. The van der Waals surface area contributed by atoms with Gasteiger partial charge in [-0.25, -0.2) is 4.98 Å². The SMILES string of the molecule is NCC1CCC(C(=O)NCc2nccnc2Cl)CC1. The van der Waals surface area contributed by atoms with Crippen LogP contribution in [-0.4, -0.2) is 22.4 Å². The van der Waals surface area contributed by atoms with Gasteiger partial charge in [0.1, 0.15) is 0 Å². The van der Waals surface area contributed by atoms with Crippen LogP contribution in [0.25, 0.3) is 0 Å². The van der Waals surface area contributed by atoms with Gasteiger partial charge >= 0.3 is 0 Å². The number of aromatic nitrogens is 2. The third kappa shape index (κ3) is 3.88. The molecule has 19 heavy (non-hydrogen) atoms. The molecular weight excluding hydrogens is 264 g/mol. The minimum atomic E-state index is 0.0807. The van der Waals surface area contributed by atoms with Crippen LogP contribution in [0.5, 0.6) is 0 Å². The summed E-state index contributed by atoms with van der Waals surface area (Å²) in [6.07, 6.45) is 7.02. The summed E-state index contributed by atoms with van der Waals surface area (Å²) in [5.74, 6) is 0.758. The van der Waals surface area contributed by atoms with E-state index in [0.29, 0.717) is 23.3 Å². The average molecular weight is 283 g/mol. The molecule has 1 fully saturated rings. The van der Waals surface area contributed by atoms with E-state index in [4.69, 9.17) is 17.3 Å². The third-order valence-electron chi connectivity index (χ3n) is 3.70. The van der Waals surface area contributed by atoms with E-state index >= 15 is 0 Å². The molecule has 3 N–H and O–H groups in total. The Morgan fingerprint density at radius 3 is 2.63 bits per heavy atom. The summed E-state index contributed by atoms with van der Waals surface area (Å²) in [5, 5.41) is 3.23. The molecule has 5 nitrogen and oxygen atoms in total. The molecule has 0 unspecified atom stereocenters. The normalized spacial score (nSPS) is 23.1. The number of amides is 1. The number of halogens is 1. The van der Waals surface area contributed by atoms with E-state index in [2.05, 4.69) is 15.3 Å². The molecule has 0 bridgehead atoms. The van der Waals surface area contributed by atoms with Gasteiger partial charge in [0.25, 0.3) is 0 Å². The first-order valence-electron chi connectivity index (χ1n) is 6.64. The van der Waals surface area contributed by atoms with Gasteiger partial charge < -0.3 is 11.1 Å². The van der Waals surface area contributed by atoms with E-state index in [1.807, 2.05) is 0 Å². The van der Waals surface area contributed by atoms with Crippen molar-refractivity contribution in [1.29, 1.82) is 0 Å². The van der Waals surface area contributed by atoms with E-state index in [9.17, 15) is 4.79 Å². The highest BCUT2D eigenvalue weighted by Gasteiger charge is 2.25. The Hall–Kier alpha value is -1.20. The van der Waals surface area contributed by atoms with Gasteiger partial charge in [0.05, 0.1) is 12.2 Å². The molecule has 0 spiro atoms. The van der Waals surface area contributed by atoms with Gasteiger partial charge in [-0.2, -0.15) is 0 Å². The van der Waals surface area contributed by atoms with Crippen molar-refractivity contribution in [1.82, 2.24) is 15.3 Å². The Morgan fingerprint density at radius 1 is 1.32 bits per heavy atom. The van der Waals surface area contributed by atoms with Crippen molar-refractivity contribution in [2.75, 3.05) is 6.54 Å². The van der Waals surface area contributed by atoms with Crippen molar-refractivity contribution in [3.63, 3.8) is 0 Å². The summed E-state index contributed by atoms with van der Waals surface area (Å²) in [7, 11) is 0. The van der Waals surface area contributed by atoms with Crippen LogP contribution in [-0.2, 0) is 11.3 Å². The summed E-state index contributed by atoms with van der Waals surface area (Å²) >= 11 is 5.89. The Kier molecular flexibility index (Phi) is 5.10. The van der Waals surface area contributed by atoms with E-state index in [-0.39, 0.29) is 11.8 Å². The maximum absolute atomic E-state index is 12.0. The zero-order valence-corrected chi connectivity index (χ0v) is 11.6. The van der Waals surface area contributed by atoms with Crippen LogP contribution in [0.3, 0.4) is 0 Å². The van der Waals surface area contributed by atoms with Crippen LogP contribution < -0.4 is 11.1 Å². The van der Waals surface area contributed by atoms with Gasteiger partial charge in [-0.15, -0.1) is 0 Å². The largest absolute Gasteiger partial charge is 0.350 e. The second-order valence-corrected chi connectivity index (χ2v) is 5.32. The molecule has 104 valence electrons. The lowest BCUT2D eigenvalue weighted by molar-refractivity contribution is -0.126. The predicted octanol–water partition coefficient (Wildman–Crippen LogP) is 1.51. The van der Waals surface area contributed by atoms with Crippen molar-refractivity contribution >= 4 is 17.5 Å². The fraction of sp³-hybridized carbons (Fsp3) is 0.615. The summed E-state index contributed by atoms with van der Waals surface area (Å²) in [6.45, 7) is 1.06. The number of carbonyl (C=O) groups is 1. The fourth-order valence-corrected chi connectivity index (χ4v) is 2.62. The summed E-state index contributed by atoms with van der Waals surface area (Å²) in [4.78, 5) is 20.1. The summed E-state index contributed by atoms with van der Waals surface area (Å²) in [5.41, 5.74) is 6.25. The van der Waals surface area contributed by atoms with Crippen molar-refractivity contribution in [3.8, 4) is 0 Å². The molecule has 1 amide bonds. The first-order chi connectivity index (χ1) is 9.20. The van der Waals surface area contributed by atoms with Crippen molar-refractivity contribution in [3.05, 3.63) is 23.2 Å². The van der Waals surface area contributed by atoms with Crippen molar-refractivity contribution in [2.24, 2.45) is 17.6 Å². The number of rotatable bonds is 4. The predicted molar refractivity (Wildman–Crippen MR) is 73.4 cm³/mol. The lowest BCUT2D eigenvalue weighted by Crippen LogP contribution is -2.34. The van der Waals surface area contributed by atoms with Gasteiger partial charge in [0.15, 0.2) is 5.15 Å². The Morgan fingerprint density at radius 2 is 2.00 bits per heavy atom. The van der Waals surface area contributed by atoms with Gasteiger partial charge in [-0.1, -0.05) is 11.6 Å². The molecule has 0 aliphatic heterocycles. The quantitative estimate of drug-likeness (QED) is 0.877. The van der Waals surface area contributed by atoms with Crippen LogP contribution in [0.4, 0.5) is 0 Å². The monoisotopic (exact) mass is 282 g/mol. The number of nitrogens with zero attached hydrogens (tertiary/aromatic N) is 2. The molecule has 2 rings (SSSR count). The van der Waals surface area contributed by atoms with E-state index in [1.165, 1.54) is 6.20 Å². The lowest BCUT2D eigenvalue weighted by atomic mass is 9.81. The fourth-order valence-electron chi connectivity index (χ4n) is 2.44. The molecule has 0 atom stereocenters. The number of nitrogens with one attached hydrogen (secondary N) is 1. The summed E-state index contributed by atoms with van der Waals surface area (Å²) < 4.78 is 0. The molecule has 1 heterocycles. The van der Waals surface area contributed by atoms with Crippen LogP contribution in [0.15, 0.2) is 12.4 Å². The molecular formula is C13H19ClN4O. The van der Waals surface area contributed by atoms with Crippen LogP contribution in [0.2, 0.25) is 5.15 Å². The highest BCUT2D eigenvalue weighted by atomic mass is 35.5. The molecule has 1 saturated carbocycles. The van der Waals surface area contributed by atoms with Gasteiger partial charge in [-0.3, -0.25) is 9.78 Å². The number of carbonyl (C=O) groups excluding carboxylic acids is 1. The highest BCUT2D eigenvalue weighted by molar-refractivity contribution is 6.29. The zero-order valence-electron chi connectivity index (χ0n) is 10.8. The van der Waals surface area contributed by atoms with E-state index in [0.717, 1.165) is 32.2 Å². The molecule has 1 aliphatic rings. The van der Waals surface area contributed by atoms with Gasteiger partial charge in [-0.05, 0) is 38.1 Å². The lowest BCUT2D eigenvalue weighted by Gasteiger charge is -2.26. The smallest absolute Gasteiger partial charge is 0.223 e. The van der Waals surface area contributed by atoms with Crippen LogP contribution >= 0.6 is 11.6 Å². The van der Waals surface area contributed by atoms with E-state index in [1.54, 1.807) is 6.20 Å². The minimum Gasteiger partial charge on any atom is -0.350 e. The Labute approximate surface area is 118 Å². The topological polar surface area (TPSA) is 80.9 Å². The molecule has 1 aliphatic carbocycles. The molecule has 6 heteroatoms. The minimum absolute atomic E-state index is 0.0807. The third-order valence-corrected chi connectivity index (χ3v) is 4.02. The molecule has 1 aromatic rings.